The summed E-state index contributed by atoms with van der Waals surface area (Å²) >= 11 is 6.53. The Bertz CT molecular complexity index is 1890. The molecular formula is C32H34ClF3N3O8S+. The number of likely N-dealkylation sites (tertiary alicyclic amines) is 1. The van der Waals surface area contributed by atoms with Crippen LogP contribution in [0.25, 0.3) is 0 Å². The molecule has 5 rings (SSSR count). The minimum atomic E-state index is -5.08. The number of hydrogen-bond acceptors (Lipinski definition) is 8. The van der Waals surface area contributed by atoms with Gasteiger partial charge in [-0.1, -0.05) is 23.2 Å². The Morgan fingerprint density at radius 3 is 2.42 bits per heavy atom. The monoisotopic (exact) mass is 712 g/mol. The molecule has 11 nitrogen and oxygen atoms in total. The molecule has 1 fully saturated rings. The number of fused-ring (bicyclic) bond motifs is 1. The molecule has 2 aliphatic heterocycles. The second-order valence-electron chi connectivity index (χ2n) is 11.8. The molecule has 0 bridgehead atoms. The number of benzene rings is 3. The molecule has 0 saturated carbocycles. The number of methoxy groups -OCH3 is 2. The highest BCUT2D eigenvalue weighted by Gasteiger charge is 2.72. The number of likely N-dealkylation sites (N-methyl/N-ethyl adjacent to an activating group) is 2. The smallest absolute Gasteiger partial charge is 0.422 e. The highest BCUT2D eigenvalue weighted by molar-refractivity contribution is 7.93. The maximum Gasteiger partial charge on any atom is 0.422 e. The Morgan fingerprint density at radius 1 is 1.08 bits per heavy atom. The maximum absolute atomic E-state index is 15.5. The van der Waals surface area contributed by atoms with Gasteiger partial charge in [0.25, 0.3) is 15.9 Å². The number of hydrogen-bond donors (Lipinski definition) is 2. The zero-order valence-electron chi connectivity index (χ0n) is 26.6. The van der Waals surface area contributed by atoms with Crippen LogP contribution in [0, 0.1) is 6.92 Å². The van der Waals surface area contributed by atoms with E-state index >= 15 is 4.79 Å². The minimum Gasteiger partial charge on any atom is -0.497 e. The number of carbonyl (C=O) groups excluding carboxylic acids is 2. The molecule has 4 atom stereocenters. The van der Waals surface area contributed by atoms with E-state index in [1.165, 1.54) is 45.5 Å². The summed E-state index contributed by atoms with van der Waals surface area (Å²) in [6.07, 6.45) is -5.98. The van der Waals surface area contributed by atoms with E-state index in [9.17, 15) is 31.5 Å². The summed E-state index contributed by atoms with van der Waals surface area (Å²) in [6, 6.07) is 11.1. The number of carbonyl (C=O) groups is 2. The van der Waals surface area contributed by atoms with Gasteiger partial charge in [0.1, 0.15) is 34.8 Å². The van der Waals surface area contributed by atoms with Crippen molar-refractivity contribution in [2.45, 2.75) is 42.1 Å². The molecule has 3 aromatic rings. The van der Waals surface area contributed by atoms with Crippen LogP contribution in [0.5, 0.6) is 17.2 Å². The van der Waals surface area contributed by atoms with Crippen molar-refractivity contribution in [1.82, 2.24) is 5.32 Å². The topological polar surface area (TPSA) is 131 Å². The number of nitrogens with zero attached hydrogens (tertiary/aromatic N) is 2. The fraction of sp³-hybridized carbons (Fsp3) is 0.375. The first kappa shape index (κ1) is 35.3. The van der Waals surface area contributed by atoms with Crippen LogP contribution in [-0.4, -0.2) is 89.6 Å². The molecule has 2 unspecified atom stereocenters. The van der Waals surface area contributed by atoms with Crippen LogP contribution >= 0.6 is 11.6 Å². The Balaban J connectivity index is 1.88. The number of rotatable bonds is 9. The largest absolute Gasteiger partial charge is 0.497 e. The number of ether oxygens (including phenoxy) is 3. The van der Waals surface area contributed by atoms with Gasteiger partial charge in [-0.05, 0) is 49.4 Å². The number of quaternary nitrogens is 1. The van der Waals surface area contributed by atoms with Gasteiger partial charge in [-0.25, -0.2) is 8.42 Å². The minimum absolute atomic E-state index is 0.00226. The van der Waals surface area contributed by atoms with Crippen LogP contribution in [0.4, 0.5) is 18.9 Å². The third-order valence-corrected chi connectivity index (χ3v) is 10.9. The summed E-state index contributed by atoms with van der Waals surface area (Å²) in [4.78, 5) is 28.2. The molecule has 3 aromatic carbocycles. The summed E-state index contributed by atoms with van der Waals surface area (Å²) in [5.74, 6) is -2.13. The molecule has 0 aromatic heterocycles. The zero-order valence-corrected chi connectivity index (χ0v) is 28.2. The van der Waals surface area contributed by atoms with Gasteiger partial charge in [0.2, 0.25) is 5.54 Å². The molecule has 0 spiro atoms. The Morgan fingerprint density at radius 2 is 1.79 bits per heavy atom. The molecule has 2 N–H and O–H groups in total. The van der Waals surface area contributed by atoms with E-state index in [-0.39, 0.29) is 46.3 Å². The number of anilines is 1. The number of amides is 2. The lowest BCUT2D eigenvalue weighted by molar-refractivity contribution is -0.953. The molecule has 1 saturated heterocycles. The van der Waals surface area contributed by atoms with Crippen LogP contribution in [-0.2, 0) is 25.2 Å². The maximum atomic E-state index is 15.5. The van der Waals surface area contributed by atoms with E-state index in [0.29, 0.717) is 9.87 Å². The van der Waals surface area contributed by atoms with E-state index in [1.807, 2.05) is 0 Å². The van der Waals surface area contributed by atoms with Crippen LogP contribution < -0.4 is 23.8 Å². The third kappa shape index (κ3) is 5.51. The molecule has 2 heterocycles. The van der Waals surface area contributed by atoms with Gasteiger partial charge in [0, 0.05) is 24.6 Å². The molecule has 2 amide bonds. The van der Waals surface area contributed by atoms with Crippen LogP contribution in [0.1, 0.15) is 23.1 Å². The highest BCUT2D eigenvalue weighted by atomic mass is 35.5. The van der Waals surface area contributed by atoms with Gasteiger partial charge in [0.05, 0.1) is 38.1 Å². The van der Waals surface area contributed by atoms with E-state index < -0.39 is 67.4 Å². The number of halogens is 4. The lowest BCUT2D eigenvalue weighted by Gasteiger charge is -2.48. The number of aliphatic hydroxyl groups is 1. The second kappa shape index (κ2) is 12.4. The molecule has 16 heteroatoms. The summed E-state index contributed by atoms with van der Waals surface area (Å²) in [5, 5.41) is 13.8. The van der Waals surface area contributed by atoms with Crippen LogP contribution in [0.3, 0.4) is 0 Å². The normalized spacial score (nSPS) is 24.0. The first-order chi connectivity index (χ1) is 22.5. The lowest BCUT2D eigenvalue weighted by atomic mass is 9.78. The fourth-order valence-corrected chi connectivity index (χ4v) is 8.70. The summed E-state index contributed by atoms with van der Waals surface area (Å²) in [5.41, 5.74) is -1.35. The van der Waals surface area contributed by atoms with Gasteiger partial charge >= 0.3 is 12.1 Å². The molecule has 258 valence electrons. The van der Waals surface area contributed by atoms with E-state index in [1.54, 1.807) is 32.2 Å². The Hall–Kier alpha value is -4.05. The van der Waals surface area contributed by atoms with Gasteiger partial charge in [0.15, 0.2) is 12.6 Å². The molecule has 0 radical (unpaired) electrons. The first-order valence-corrected chi connectivity index (χ1v) is 16.5. The molecule has 0 aliphatic carbocycles. The van der Waals surface area contributed by atoms with E-state index in [2.05, 4.69) is 5.32 Å². The van der Waals surface area contributed by atoms with Crippen molar-refractivity contribution >= 4 is 39.1 Å². The predicted molar refractivity (Wildman–Crippen MR) is 169 cm³/mol. The summed E-state index contributed by atoms with van der Waals surface area (Å²) < 4.78 is 85.1. The molecular weight excluding hydrogens is 679 g/mol. The Labute approximate surface area is 280 Å². The van der Waals surface area contributed by atoms with Gasteiger partial charge < -0.3 is 24.6 Å². The summed E-state index contributed by atoms with van der Waals surface area (Å²) in [6.45, 7) is -0.253. The number of aryl methyl sites for hydroxylation is 1. The van der Waals surface area contributed by atoms with Crippen molar-refractivity contribution < 1.29 is 55.0 Å². The van der Waals surface area contributed by atoms with E-state index in [0.717, 1.165) is 12.1 Å². The van der Waals surface area contributed by atoms with Gasteiger partial charge in [-0.15, -0.1) is 0 Å². The van der Waals surface area contributed by atoms with Crippen molar-refractivity contribution in [2.75, 3.05) is 45.8 Å². The van der Waals surface area contributed by atoms with E-state index in [4.69, 9.17) is 25.8 Å². The third-order valence-electron chi connectivity index (χ3n) is 8.95. The van der Waals surface area contributed by atoms with Crippen molar-refractivity contribution in [1.29, 1.82) is 0 Å². The fourth-order valence-electron chi connectivity index (χ4n) is 6.95. The van der Waals surface area contributed by atoms with Crippen LogP contribution in [0.2, 0.25) is 5.02 Å². The van der Waals surface area contributed by atoms with Crippen molar-refractivity contribution in [2.24, 2.45) is 0 Å². The average molecular weight is 713 g/mol. The number of sulfonamides is 1. The number of alkyl halides is 3. The average Bonchev–Trinajstić information content (AvgIpc) is 3.49. The first-order valence-electron chi connectivity index (χ1n) is 14.6. The van der Waals surface area contributed by atoms with Crippen molar-refractivity contribution in [3.8, 4) is 17.2 Å². The zero-order chi connectivity index (χ0) is 35.4. The Kier molecular flexibility index (Phi) is 9.14. The highest BCUT2D eigenvalue weighted by Crippen LogP contribution is 2.58. The SMILES string of the molecule is CNC(=O)[C@@H]1C[C@@H](O)C[N+]1(C)C1(c2cc(C)ccc2OC)C(=O)N(S(=O)(=O)c2ccc(OC)cc2OCC(F)(F)F)c2ccc(Cl)cc21. The van der Waals surface area contributed by atoms with Crippen LogP contribution in [0.15, 0.2) is 59.5 Å². The summed E-state index contributed by atoms with van der Waals surface area (Å²) in [7, 11) is 0.500. The second-order valence-corrected chi connectivity index (χ2v) is 14.0. The lowest BCUT2D eigenvalue weighted by Crippen LogP contribution is -2.69. The van der Waals surface area contributed by atoms with Gasteiger partial charge in [-0.3, -0.25) is 14.1 Å². The van der Waals surface area contributed by atoms with Crippen molar-refractivity contribution in [3.63, 3.8) is 0 Å². The number of aliphatic hydroxyl groups excluding tert-OH is 1. The van der Waals surface area contributed by atoms with Gasteiger partial charge in [-0.2, -0.15) is 17.5 Å². The molecule has 2 aliphatic rings. The quantitative estimate of drug-likeness (QED) is 0.320. The standard InChI is InChI=1S/C32H33ClF3N3O8S/c1-18-6-10-26(46-5)23(12-18)32(39(3)16-20(40)14-25(39)29(41)37-2)22-13-19(33)7-9-24(22)38(30(32)42)48(43,44)28-11-8-21(45-4)15-27(28)47-17-31(34,35)36/h6-13,15,20,25,40H,14,16-17H2,1-5H3/p+1/t20-,25+,32?,39?/m1/s1. The van der Waals surface area contributed by atoms with Crippen molar-refractivity contribution in [3.05, 3.63) is 76.3 Å². The molecule has 48 heavy (non-hydrogen) atoms. The number of nitrogens with one attached hydrogen (secondary N) is 1. The predicted octanol–water partition coefficient (Wildman–Crippen LogP) is 3.91.